The molecule has 1 amide bonds. The Morgan fingerprint density at radius 1 is 1.19 bits per heavy atom. The molecule has 0 saturated carbocycles. The van der Waals surface area contributed by atoms with Gasteiger partial charge in [-0.25, -0.2) is 9.78 Å². The monoisotopic (exact) mass is 573 g/mol. The van der Waals surface area contributed by atoms with Crippen molar-refractivity contribution in [2.45, 2.75) is 47.2 Å². The minimum Gasteiger partial charge on any atom is -0.462 e. The predicted molar refractivity (Wildman–Crippen MR) is 140 cm³/mol. The number of carbonyl (C=O) groups is 2. The number of esters is 1. The van der Waals surface area contributed by atoms with Gasteiger partial charge in [-0.1, -0.05) is 26.0 Å². The van der Waals surface area contributed by atoms with E-state index in [4.69, 9.17) is 4.74 Å². The summed E-state index contributed by atoms with van der Waals surface area (Å²) in [7, 11) is 1.70. The van der Waals surface area contributed by atoms with Crippen LogP contribution in [0.25, 0.3) is 0 Å². The van der Waals surface area contributed by atoms with Crippen LogP contribution in [0.15, 0.2) is 29.3 Å². The molecule has 176 valence electrons. The van der Waals surface area contributed by atoms with E-state index in [9.17, 15) is 9.59 Å². The van der Waals surface area contributed by atoms with Crippen molar-refractivity contribution in [1.29, 1.82) is 0 Å². The molecule has 1 aromatic heterocycles. The number of benzene rings is 1. The van der Waals surface area contributed by atoms with Gasteiger partial charge in [0.25, 0.3) is 0 Å². The van der Waals surface area contributed by atoms with E-state index < -0.39 is 0 Å². The van der Waals surface area contributed by atoms with Gasteiger partial charge in [-0.05, 0) is 38.5 Å². The molecule has 0 aliphatic rings. The quantitative estimate of drug-likeness (QED) is 0.189. The summed E-state index contributed by atoms with van der Waals surface area (Å²) < 4.78 is 5.08. The summed E-state index contributed by atoms with van der Waals surface area (Å²) in [4.78, 5) is 33.1. The molecule has 0 radical (unpaired) electrons. The topological polar surface area (TPSA) is 105 Å². The number of guanidine groups is 1. The van der Waals surface area contributed by atoms with Gasteiger partial charge in [-0.2, -0.15) is 0 Å². The van der Waals surface area contributed by atoms with Crippen molar-refractivity contribution in [3.05, 3.63) is 45.4 Å². The Labute approximate surface area is 210 Å². The highest BCUT2D eigenvalue weighted by Crippen LogP contribution is 2.24. The summed E-state index contributed by atoms with van der Waals surface area (Å²) in [5.41, 5.74) is 2.49. The number of thiazole rings is 1. The zero-order valence-electron chi connectivity index (χ0n) is 19.3. The fourth-order valence-corrected chi connectivity index (χ4v) is 3.59. The number of amides is 1. The SMILES string of the molecule is CCOC(=O)c1sc(C(C)NC(=NC)NCc2ccc(NC(=O)C(C)C)cc2)nc1C.I. The van der Waals surface area contributed by atoms with Crippen LogP contribution in [0.4, 0.5) is 5.69 Å². The number of aliphatic imine (C=N–C) groups is 1. The molecule has 0 bridgehead atoms. The van der Waals surface area contributed by atoms with E-state index in [1.165, 1.54) is 11.3 Å². The van der Waals surface area contributed by atoms with Crippen LogP contribution in [-0.2, 0) is 16.1 Å². The van der Waals surface area contributed by atoms with Gasteiger partial charge in [0, 0.05) is 25.2 Å². The lowest BCUT2D eigenvalue weighted by molar-refractivity contribution is -0.118. The highest BCUT2D eigenvalue weighted by atomic mass is 127. The molecule has 1 atom stereocenters. The third-order valence-electron chi connectivity index (χ3n) is 4.43. The molecule has 0 aliphatic carbocycles. The van der Waals surface area contributed by atoms with Crippen molar-refractivity contribution < 1.29 is 14.3 Å². The van der Waals surface area contributed by atoms with Gasteiger partial charge in [0.2, 0.25) is 5.91 Å². The fraction of sp³-hybridized carbons (Fsp3) is 0.455. The second kappa shape index (κ2) is 13.4. The highest BCUT2D eigenvalue weighted by molar-refractivity contribution is 14.0. The molecule has 32 heavy (non-hydrogen) atoms. The highest BCUT2D eigenvalue weighted by Gasteiger charge is 2.20. The molecule has 0 saturated heterocycles. The van der Waals surface area contributed by atoms with Crippen LogP contribution in [0.3, 0.4) is 0 Å². The van der Waals surface area contributed by atoms with E-state index in [-0.39, 0.29) is 47.8 Å². The maximum atomic E-state index is 12.0. The molecule has 0 fully saturated rings. The zero-order valence-corrected chi connectivity index (χ0v) is 22.5. The van der Waals surface area contributed by atoms with Crippen LogP contribution in [0.5, 0.6) is 0 Å². The molecule has 1 unspecified atom stereocenters. The van der Waals surface area contributed by atoms with Gasteiger partial charge in [0.1, 0.15) is 9.88 Å². The van der Waals surface area contributed by atoms with Crippen molar-refractivity contribution in [1.82, 2.24) is 15.6 Å². The Morgan fingerprint density at radius 2 is 1.84 bits per heavy atom. The Hall–Kier alpha value is -2.21. The molecule has 2 rings (SSSR count). The number of rotatable bonds is 8. The zero-order chi connectivity index (χ0) is 23.0. The van der Waals surface area contributed by atoms with E-state index >= 15 is 0 Å². The second-order valence-electron chi connectivity index (χ2n) is 7.32. The van der Waals surface area contributed by atoms with Gasteiger partial charge in [-0.15, -0.1) is 35.3 Å². The summed E-state index contributed by atoms with van der Waals surface area (Å²) >= 11 is 1.33. The number of anilines is 1. The molecule has 0 spiro atoms. The Kier molecular flexibility index (Phi) is 11.6. The van der Waals surface area contributed by atoms with Gasteiger partial charge in [-0.3, -0.25) is 9.79 Å². The summed E-state index contributed by atoms with van der Waals surface area (Å²) in [5, 5.41) is 10.2. The van der Waals surface area contributed by atoms with Crippen LogP contribution < -0.4 is 16.0 Å². The lowest BCUT2D eigenvalue weighted by Crippen LogP contribution is -2.38. The molecule has 2 aromatic rings. The molecule has 8 nitrogen and oxygen atoms in total. The number of hydrogen-bond acceptors (Lipinski definition) is 6. The number of hydrogen-bond donors (Lipinski definition) is 3. The first-order chi connectivity index (χ1) is 14.7. The van der Waals surface area contributed by atoms with E-state index in [1.807, 2.05) is 45.0 Å². The van der Waals surface area contributed by atoms with Gasteiger partial charge >= 0.3 is 5.97 Å². The van der Waals surface area contributed by atoms with Gasteiger partial charge in [0.05, 0.1) is 18.3 Å². The Morgan fingerprint density at radius 3 is 2.41 bits per heavy atom. The molecular formula is C22H32IN5O3S. The van der Waals surface area contributed by atoms with Gasteiger partial charge in [0.15, 0.2) is 5.96 Å². The number of carbonyl (C=O) groups excluding carboxylic acids is 2. The van der Waals surface area contributed by atoms with Crippen molar-refractivity contribution in [3.63, 3.8) is 0 Å². The number of nitrogens with zero attached hydrogens (tertiary/aromatic N) is 2. The summed E-state index contributed by atoms with van der Waals surface area (Å²) in [6.07, 6.45) is 0. The maximum Gasteiger partial charge on any atom is 0.350 e. The molecule has 0 aliphatic heterocycles. The predicted octanol–water partition coefficient (Wildman–Crippen LogP) is 4.27. The summed E-state index contributed by atoms with van der Waals surface area (Å²) in [6, 6.07) is 7.54. The largest absolute Gasteiger partial charge is 0.462 e. The smallest absolute Gasteiger partial charge is 0.350 e. The van der Waals surface area contributed by atoms with Crippen molar-refractivity contribution in [2.75, 3.05) is 19.0 Å². The van der Waals surface area contributed by atoms with Crippen molar-refractivity contribution >= 4 is 58.8 Å². The van der Waals surface area contributed by atoms with Crippen molar-refractivity contribution in [3.8, 4) is 0 Å². The number of ether oxygens (including phenoxy) is 1. The Balaban J connectivity index is 0.00000512. The van der Waals surface area contributed by atoms with E-state index in [1.54, 1.807) is 20.9 Å². The first-order valence-corrected chi connectivity index (χ1v) is 11.1. The number of aromatic nitrogens is 1. The van der Waals surface area contributed by atoms with E-state index in [0.29, 0.717) is 29.7 Å². The molecule has 3 N–H and O–H groups in total. The first-order valence-electron chi connectivity index (χ1n) is 10.3. The molecule has 1 heterocycles. The first kappa shape index (κ1) is 27.8. The van der Waals surface area contributed by atoms with Crippen molar-refractivity contribution in [2.24, 2.45) is 10.9 Å². The van der Waals surface area contributed by atoms with Gasteiger partial charge < -0.3 is 20.7 Å². The summed E-state index contributed by atoms with van der Waals surface area (Å²) in [6.45, 7) is 10.2. The second-order valence-corrected chi connectivity index (χ2v) is 8.35. The Bertz CT molecular complexity index is 928. The van der Waals surface area contributed by atoms with Crippen LogP contribution in [0.2, 0.25) is 0 Å². The lowest BCUT2D eigenvalue weighted by Gasteiger charge is -2.16. The van der Waals surface area contributed by atoms with Crippen LogP contribution in [0.1, 0.15) is 59.7 Å². The average molecular weight is 574 g/mol. The number of aryl methyl sites for hydroxylation is 1. The van der Waals surface area contributed by atoms with E-state index in [0.717, 1.165) is 16.3 Å². The lowest BCUT2D eigenvalue weighted by atomic mass is 10.1. The molecular weight excluding hydrogens is 541 g/mol. The third-order valence-corrected chi connectivity index (χ3v) is 5.75. The maximum absolute atomic E-state index is 12.0. The molecule has 10 heteroatoms. The number of halogens is 1. The van der Waals surface area contributed by atoms with Crippen LogP contribution in [0, 0.1) is 12.8 Å². The number of nitrogens with one attached hydrogen (secondary N) is 3. The van der Waals surface area contributed by atoms with Crippen LogP contribution >= 0.6 is 35.3 Å². The normalized spacial score (nSPS) is 12.0. The minimum absolute atomic E-state index is 0. The average Bonchev–Trinajstić information content (AvgIpc) is 3.14. The standard InChI is InChI=1S/C22H31N5O3S.HI/c1-7-30-21(29)18-14(4)25-20(31-18)15(5)26-22(23-6)24-12-16-8-10-17(11-9-16)27-19(28)13(2)3;/h8-11,13,15H,7,12H2,1-6H3,(H,27,28)(H2,23,24,26);1H. The molecule has 1 aromatic carbocycles. The third kappa shape index (κ3) is 8.05. The van der Waals surface area contributed by atoms with E-state index in [2.05, 4.69) is 25.9 Å². The minimum atomic E-state index is -0.341. The van der Waals surface area contributed by atoms with Crippen LogP contribution in [-0.4, -0.2) is 36.5 Å². The summed E-state index contributed by atoms with van der Waals surface area (Å²) in [5.74, 6) is 0.211. The fourth-order valence-electron chi connectivity index (χ4n) is 2.63.